The molecule has 1 aliphatic rings. The van der Waals surface area contributed by atoms with E-state index in [0.717, 1.165) is 5.56 Å². The fourth-order valence-electron chi connectivity index (χ4n) is 2.52. The lowest BCUT2D eigenvalue weighted by atomic mass is 10.0. The van der Waals surface area contributed by atoms with Crippen molar-refractivity contribution in [1.82, 2.24) is 10.2 Å². The third-order valence-electron chi connectivity index (χ3n) is 3.60. The molecule has 0 radical (unpaired) electrons. The molecule has 21 heavy (non-hydrogen) atoms. The molecule has 0 aliphatic carbocycles. The van der Waals surface area contributed by atoms with Gasteiger partial charge in [0.25, 0.3) is 0 Å². The lowest BCUT2D eigenvalue weighted by molar-refractivity contribution is -0.134. The zero-order valence-corrected chi connectivity index (χ0v) is 12.7. The van der Waals surface area contributed by atoms with Gasteiger partial charge in [0, 0.05) is 31.0 Å². The molecule has 0 bridgehead atoms. The summed E-state index contributed by atoms with van der Waals surface area (Å²) in [6.45, 7) is 2.30. The topological polar surface area (TPSA) is 49.4 Å². The van der Waals surface area contributed by atoms with Gasteiger partial charge in [-0.2, -0.15) is 0 Å². The van der Waals surface area contributed by atoms with Gasteiger partial charge in [-0.1, -0.05) is 48.0 Å². The van der Waals surface area contributed by atoms with Crippen LogP contribution in [0.3, 0.4) is 0 Å². The first-order chi connectivity index (χ1) is 10.1. The number of nitrogens with one attached hydrogen (secondary N) is 1. The van der Waals surface area contributed by atoms with E-state index < -0.39 is 6.04 Å². The van der Waals surface area contributed by atoms with E-state index in [0.29, 0.717) is 19.4 Å². The maximum Gasteiger partial charge on any atom is 0.246 e. The van der Waals surface area contributed by atoms with E-state index in [1.54, 1.807) is 11.0 Å². The first-order valence-electron chi connectivity index (χ1n) is 7.01. The number of hydrogen-bond acceptors (Lipinski definition) is 2. The maximum atomic E-state index is 12.6. The standard InChI is InChI=1S/C16H19ClN2O2/c1-12-10-15(20)18-14(11-13-6-3-2-4-7-13)16(21)19(12)9-5-8-17/h2-8,12,14H,9-11H2,1H3,(H,18,20)/b8-5+. The van der Waals surface area contributed by atoms with Crippen LogP contribution in [0.4, 0.5) is 0 Å². The Kier molecular flexibility index (Phi) is 5.39. The Morgan fingerprint density at radius 3 is 2.71 bits per heavy atom. The molecule has 5 heteroatoms. The smallest absolute Gasteiger partial charge is 0.246 e. The number of hydrogen-bond donors (Lipinski definition) is 1. The van der Waals surface area contributed by atoms with Gasteiger partial charge in [-0.25, -0.2) is 0 Å². The Morgan fingerprint density at radius 2 is 2.05 bits per heavy atom. The highest BCUT2D eigenvalue weighted by molar-refractivity contribution is 6.25. The second-order valence-corrected chi connectivity index (χ2v) is 5.47. The highest BCUT2D eigenvalue weighted by atomic mass is 35.5. The van der Waals surface area contributed by atoms with Gasteiger partial charge in [0.15, 0.2) is 0 Å². The van der Waals surface area contributed by atoms with Crippen molar-refractivity contribution in [1.29, 1.82) is 0 Å². The first kappa shape index (κ1) is 15.6. The number of carbonyl (C=O) groups excluding carboxylic acids is 2. The van der Waals surface area contributed by atoms with Crippen LogP contribution in [0.1, 0.15) is 18.9 Å². The summed E-state index contributed by atoms with van der Waals surface area (Å²) < 4.78 is 0. The fraction of sp³-hybridized carbons (Fsp3) is 0.375. The molecule has 0 aromatic heterocycles. The van der Waals surface area contributed by atoms with Crippen molar-refractivity contribution in [2.75, 3.05) is 6.54 Å². The molecule has 1 N–H and O–H groups in total. The molecule has 0 spiro atoms. The third kappa shape index (κ3) is 4.08. The zero-order valence-electron chi connectivity index (χ0n) is 12.0. The normalized spacial score (nSPS) is 23.2. The van der Waals surface area contributed by atoms with Crippen molar-refractivity contribution in [3.63, 3.8) is 0 Å². The molecule has 0 saturated carbocycles. The minimum atomic E-state index is -0.520. The van der Waals surface area contributed by atoms with E-state index in [9.17, 15) is 9.59 Å². The van der Waals surface area contributed by atoms with Crippen molar-refractivity contribution in [3.05, 3.63) is 47.5 Å². The Morgan fingerprint density at radius 1 is 1.33 bits per heavy atom. The second-order valence-electron chi connectivity index (χ2n) is 5.22. The molecule has 1 saturated heterocycles. The SMILES string of the molecule is CC1CC(=O)NC(Cc2ccccc2)C(=O)N1C/C=C/Cl. The minimum absolute atomic E-state index is 0.0630. The molecule has 1 aromatic carbocycles. The van der Waals surface area contributed by atoms with Crippen LogP contribution >= 0.6 is 11.6 Å². The molecule has 4 nitrogen and oxygen atoms in total. The third-order valence-corrected chi connectivity index (χ3v) is 3.78. The summed E-state index contributed by atoms with van der Waals surface area (Å²) in [5.41, 5.74) is 2.42. The van der Waals surface area contributed by atoms with Crippen LogP contribution in [-0.4, -0.2) is 35.3 Å². The van der Waals surface area contributed by atoms with Crippen LogP contribution in [0.2, 0.25) is 0 Å². The summed E-state index contributed by atoms with van der Waals surface area (Å²) in [5, 5.41) is 2.83. The quantitative estimate of drug-likeness (QED) is 0.926. The lowest BCUT2D eigenvalue weighted by Crippen LogP contribution is -2.47. The van der Waals surface area contributed by atoms with E-state index in [1.807, 2.05) is 37.3 Å². The summed E-state index contributed by atoms with van der Waals surface area (Å²) in [4.78, 5) is 26.3. The van der Waals surface area contributed by atoms with Gasteiger partial charge >= 0.3 is 0 Å². The van der Waals surface area contributed by atoms with Crippen molar-refractivity contribution >= 4 is 23.4 Å². The number of rotatable bonds is 4. The zero-order chi connectivity index (χ0) is 15.2. The maximum absolute atomic E-state index is 12.6. The Labute approximate surface area is 129 Å². The molecule has 1 aliphatic heterocycles. The molecule has 1 aromatic rings. The van der Waals surface area contributed by atoms with Crippen molar-refractivity contribution < 1.29 is 9.59 Å². The predicted molar refractivity (Wildman–Crippen MR) is 82.9 cm³/mol. The van der Waals surface area contributed by atoms with Gasteiger partial charge in [-0.05, 0) is 12.5 Å². The lowest BCUT2D eigenvalue weighted by Gasteiger charge is -2.27. The molecule has 2 amide bonds. The molecular formula is C16H19ClN2O2. The van der Waals surface area contributed by atoms with Gasteiger partial charge in [-0.3, -0.25) is 9.59 Å². The monoisotopic (exact) mass is 306 g/mol. The molecule has 2 rings (SSSR count). The van der Waals surface area contributed by atoms with E-state index in [-0.39, 0.29) is 17.9 Å². The van der Waals surface area contributed by atoms with Crippen LogP contribution in [0.25, 0.3) is 0 Å². The van der Waals surface area contributed by atoms with Gasteiger partial charge in [0.1, 0.15) is 6.04 Å². The van der Waals surface area contributed by atoms with E-state index >= 15 is 0 Å². The van der Waals surface area contributed by atoms with Crippen LogP contribution in [0, 0.1) is 0 Å². The van der Waals surface area contributed by atoms with Gasteiger partial charge in [-0.15, -0.1) is 0 Å². The summed E-state index contributed by atoms with van der Waals surface area (Å²) in [6, 6.07) is 9.04. The molecule has 1 heterocycles. The molecule has 2 unspecified atom stereocenters. The molecule has 112 valence electrons. The summed E-state index contributed by atoms with van der Waals surface area (Å²) in [5.74, 6) is -0.152. The van der Waals surface area contributed by atoms with E-state index in [4.69, 9.17) is 11.6 Å². The first-order valence-corrected chi connectivity index (χ1v) is 7.44. The van der Waals surface area contributed by atoms with Crippen LogP contribution in [0.15, 0.2) is 41.9 Å². The predicted octanol–water partition coefficient (Wildman–Crippen LogP) is 2.09. The molecular weight excluding hydrogens is 288 g/mol. The molecule has 2 atom stereocenters. The van der Waals surface area contributed by atoms with Crippen molar-refractivity contribution in [2.24, 2.45) is 0 Å². The van der Waals surface area contributed by atoms with Crippen LogP contribution < -0.4 is 5.32 Å². The van der Waals surface area contributed by atoms with E-state index in [2.05, 4.69) is 5.32 Å². The minimum Gasteiger partial charge on any atom is -0.344 e. The Bertz CT molecular complexity index is 530. The Hall–Kier alpha value is -1.81. The summed E-state index contributed by atoms with van der Waals surface area (Å²) in [6.07, 6.45) is 2.53. The number of amides is 2. The van der Waals surface area contributed by atoms with E-state index in [1.165, 1.54) is 5.54 Å². The highest BCUT2D eigenvalue weighted by Crippen LogP contribution is 2.14. The second kappa shape index (κ2) is 7.27. The average molecular weight is 307 g/mol. The number of nitrogens with zero attached hydrogens (tertiary/aromatic N) is 1. The average Bonchev–Trinajstić information content (AvgIpc) is 2.56. The highest BCUT2D eigenvalue weighted by Gasteiger charge is 2.33. The molecule has 1 fully saturated rings. The van der Waals surface area contributed by atoms with Crippen molar-refractivity contribution in [3.8, 4) is 0 Å². The van der Waals surface area contributed by atoms with Gasteiger partial charge < -0.3 is 10.2 Å². The van der Waals surface area contributed by atoms with Crippen LogP contribution in [0.5, 0.6) is 0 Å². The van der Waals surface area contributed by atoms with Crippen LogP contribution in [-0.2, 0) is 16.0 Å². The van der Waals surface area contributed by atoms with Gasteiger partial charge in [0.05, 0.1) is 0 Å². The number of benzene rings is 1. The van der Waals surface area contributed by atoms with Gasteiger partial charge in [0.2, 0.25) is 11.8 Å². The summed E-state index contributed by atoms with van der Waals surface area (Å²) >= 11 is 5.55. The summed E-state index contributed by atoms with van der Waals surface area (Å²) in [7, 11) is 0. The number of carbonyl (C=O) groups is 2. The number of halogens is 1. The Balaban J connectivity index is 2.18. The largest absolute Gasteiger partial charge is 0.344 e. The van der Waals surface area contributed by atoms with Crippen molar-refractivity contribution in [2.45, 2.75) is 31.8 Å². The fourth-order valence-corrected chi connectivity index (χ4v) is 2.60.